The molecule has 3 rings (SSSR count). The second-order valence-corrected chi connectivity index (χ2v) is 5.82. The predicted molar refractivity (Wildman–Crippen MR) is 78.2 cm³/mol. The van der Waals surface area contributed by atoms with Gasteiger partial charge in [0.05, 0.1) is 5.69 Å². The zero-order valence-electron chi connectivity index (χ0n) is 11.1. The maximum absolute atomic E-state index is 12.4. The van der Waals surface area contributed by atoms with E-state index in [-0.39, 0.29) is 18.7 Å². The lowest BCUT2D eigenvalue weighted by Gasteiger charge is -2.19. The minimum atomic E-state index is -0.761. The van der Waals surface area contributed by atoms with Crippen LogP contribution in [0.3, 0.4) is 0 Å². The lowest BCUT2D eigenvalue weighted by atomic mass is 10.1. The standard InChI is InChI=1S/C12H12BrN5O3/c1-16(13)7-3-2-6-17-10(7)15-18(12(17)21)8-4-5-9(19)14-11(8)20/h2-3,6,8H,4-5H2,1H3,(H,14,19,20). The van der Waals surface area contributed by atoms with Crippen molar-refractivity contribution in [2.75, 3.05) is 11.0 Å². The topological polar surface area (TPSA) is 88.7 Å². The molecule has 2 aromatic rings. The van der Waals surface area contributed by atoms with Crippen LogP contribution in [0.25, 0.3) is 5.65 Å². The van der Waals surface area contributed by atoms with Gasteiger partial charge in [0, 0.05) is 35.8 Å². The Labute approximate surface area is 127 Å². The summed E-state index contributed by atoms with van der Waals surface area (Å²) in [5.41, 5.74) is 0.725. The second kappa shape index (κ2) is 4.99. The molecule has 8 nitrogen and oxygen atoms in total. The fourth-order valence-corrected chi connectivity index (χ4v) is 2.63. The van der Waals surface area contributed by atoms with Crippen LogP contribution in [0.15, 0.2) is 23.1 Å². The van der Waals surface area contributed by atoms with Crippen molar-refractivity contribution in [3.8, 4) is 0 Å². The molecule has 0 saturated carbocycles. The number of carbonyl (C=O) groups excluding carboxylic acids is 2. The molecule has 1 unspecified atom stereocenters. The fraction of sp³-hybridized carbons (Fsp3) is 0.333. The molecule has 9 heteroatoms. The van der Waals surface area contributed by atoms with E-state index >= 15 is 0 Å². The molecule has 0 aromatic carbocycles. The van der Waals surface area contributed by atoms with Crippen LogP contribution in [0, 0.1) is 0 Å². The zero-order chi connectivity index (χ0) is 15.1. The van der Waals surface area contributed by atoms with Crippen molar-refractivity contribution in [3.05, 3.63) is 28.8 Å². The van der Waals surface area contributed by atoms with Crippen molar-refractivity contribution in [3.63, 3.8) is 0 Å². The van der Waals surface area contributed by atoms with E-state index in [1.807, 2.05) is 0 Å². The molecule has 0 spiro atoms. The summed E-state index contributed by atoms with van der Waals surface area (Å²) in [4.78, 5) is 35.5. The molecule has 2 aromatic heterocycles. The molecular formula is C12H12BrN5O3. The van der Waals surface area contributed by atoms with Gasteiger partial charge in [0.25, 0.3) is 5.91 Å². The number of anilines is 1. The smallest absolute Gasteiger partial charge is 0.308 e. The Hall–Kier alpha value is -2.16. The molecule has 2 amide bonds. The van der Waals surface area contributed by atoms with Gasteiger partial charge in [-0.25, -0.2) is 9.20 Å². The summed E-state index contributed by atoms with van der Waals surface area (Å²) < 4.78 is 4.16. The first-order valence-corrected chi connectivity index (χ1v) is 7.03. The number of pyridine rings is 1. The van der Waals surface area contributed by atoms with Gasteiger partial charge in [-0.15, -0.1) is 5.10 Å². The van der Waals surface area contributed by atoms with E-state index in [2.05, 4.69) is 26.6 Å². The fourth-order valence-electron chi connectivity index (χ4n) is 2.36. The van der Waals surface area contributed by atoms with Gasteiger partial charge in [0.15, 0.2) is 5.65 Å². The molecule has 1 N–H and O–H groups in total. The van der Waals surface area contributed by atoms with Crippen LogP contribution in [0.4, 0.5) is 5.69 Å². The molecule has 0 bridgehead atoms. The number of amides is 2. The van der Waals surface area contributed by atoms with Gasteiger partial charge in [-0.05, 0) is 18.6 Å². The van der Waals surface area contributed by atoms with Crippen LogP contribution in [0.5, 0.6) is 0 Å². The van der Waals surface area contributed by atoms with Crippen molar-refractivity contribution in [2.45, 2.75) is 18.9 Å². The zero-order valence-corrected chi connectivity index (χ0v) is 12.7. The Balaban J connectivity index is 2.14. The summed E-state index contributed by atoms with van der Waals surface area (Å²) >= 11 is 3.30. The first kappa shape index (κ1) is 13.8. The van der Waals surface area contributed by atoms with Gasteiger partial charge in [-0.3, -0.25) is 14.9 Å². The average molecular weight is 354 g/mol. The van der Waals surface area contributed by atoms with Crippen molar-refractivity contribution >= 4 is 39.3 Å². The highest BCUT2D eigenvalue weighted by Crippen LogP contribution is 2.22. The first-order chi connectivity index (χ1) is 9.99. The third-order valence-corrected chi connectivity index (χ3v) is 3.77. The summed E-state index contributed by atoms with van der Waals surface area (Å²) in [5, 5.41) is 6.49. The first-order valence-electron chi connectivity index (χ1n) is 6.32. The predicted octanol–water partition coefficient (Wildman–Crippen LogP) is 0.220. The number of nitrogens with one attached hydrogen (secondary N) is 1. The molecule has 0 aliphatic carbocycles. The summed E-state index contributed by atoms with van der Waals surface area (Å²) in [6.45, 7) is 0. The Morgan fingerprint density at radius 2 is 2.19 bits per heavy atom. The number of aromatic nitrogens is 3. The van der Waals surface area contributed by atoms with Crippen molar-refractivity contribution in [1.82, 2.24) is 19.5 Å². The molecule has 1 saturated heterocycles. The SMILES string of the molecule is CN(Br)c1cccn2c(=O)n(C3CCC(=O)NC3=O)nc12. The Morgan fingerprint density at radius 3 is 2.86 bits per heavy atom. The maximum atomic E-state index is 12.4. The largest absolute Gasteiger partial charge is 0.351 e. The number of imide groups is 1. The number of rotatable bonds is 2. The van der Waals surface area contributed by atoms with E-state index in [0.717, 1.165) is 4.68 Å². The summed E-state index contributed by atoms with van der Waals surface area (Å²) in [5.74, 6) is -0.820. The van der Waals surface area contributed by atoms with Crippen LogP contribution in [-0.4, -0.2) is 33.0 Å². The van der Waals surface area contributed by atoms with Gasteiger partial charge >= 0.3 is 5.69 Å². The summed E-state index contributed by atoms with van der Waals surface area (Å²) in [7, 11) is 1.77. The molecule has 3 heterocycles. The second-order valence-electron chi connectivity index (χ2n) is 4.76. The highest BCUT2D eigenvalue weighted by atomic mass is 79.9. The Bertz CT molecular complexity index is 794. The van der Waals surface area contributed by atoms with Gasteiger partial charge in [0.1, 0.15) is 6.04 Å². The van der Waals surface area contributed by atoms with E-state index in [9.17, 15) is 14.4 Å². The third-order valence-electron chi connectivity index (χ3n) is 3.39. The van der Waals surface area contributed by atoms with Crippen molar-refractivity contribution in [1.29, 1.82) is 0 Å². The van der Waals surface area contributed by atoms with E-state index in [1.165, 1.54) is 4.40 Å². The molecule has 0 radical (unpaired) electrons. The molecule has 1 atom stereocenters. The average Bonchev–Trinajstić information content (AvgIpc) is 2.76. The van der Waals surface area contributed by atoms with Crippen LogP contribution in [-0.2, 0) is 9.59 Å². The maximum Gasteiger partial charge on any atom is 0.351 e. The van der Waals surface area contributed by atoms with E-state index < -0.39 is 17.6 Å². The van der Waals surface area contributed by atoms with E-state index in [4.69, 9.17) is 0 Å². The lowest BCUT2D eigenvalue weighted by molar-refractivity contribution is -0.136. The van der Waals surface area contributed by atoms with Gasteiger partial charge in [-0.2, -0.15) is 4.68 Å². The quantitative estimate of drug-likeness (QED) is 0.616. The monoisotopic (exact) mass is 353 g/mol. The van der Waals surface area contributed by atoms with Crippen LogP contribution in [0.1, 0.15) is 18.9 Å². The number of nitrogens with zero attached hydrogens (tertiary/aromatic N) is 4. The van der Waals surface area contributed by atoms with Gasteiger partial charge in [-0.1, -0.05) is 0 Å². The highest BCUT2D eigenvalue weighted by Gasteiger charge is 2.31. The van der Waals surface area contributed by atoms with Gasteiger partial charge < -0.3 is 3.93 Å². The lowest BCUT2D eigenvalue weighted by Crippen LogP contribution is -2.44. The number of fused-ring (bicyclic) bond motifs is 1. The van der Waals surface area contributed by atoms with Crippen molar-refractivity contribution < 1.29 is 9.59 Å². The molecule has 1 fully saturated rings. The van der Waals surface area contributed by atoms with Crippen LogP contribution >= 0.6 is 16.1 Å². The highest BCUT2D eigenvalue weighted by molar-refractivity contribution is 9.10. The van der Waals surface area contributed by atoms with Crippen LogP contribution in [0.2, 0.25) is 0 Å². The Morgan fingerprint density at radius 1 is 1.43 bits per heavy atom. The number of hydrogen-bond acceptors (Lipinski definition) is 5. The third kappa shape index (κ3) is 2.23. The summed E-state index contributed by atoms with van der Waals surface area (Å²) in [6, 6.07) is 2.76. The van der Waals surface area contributed by atoms with Crippen LogP contribution < -0.4 is 14.9 Å². The normalized spacial score (nSPS) is 18.9. The Kier molecular flexibility index (Phi) is 3.28. The minimum absolute atomic E-state index is 0.196. The molecule has 110 valence electrons. The number of piperidine rings is 1. The minimum Gasteiger partial charge on any atom is -0.308 e. The number of halogens is 1. The summed E-state index contributed by atoms with van der Waals surface area (Å²) in [6.07, 6.45) is 2.06. The van der Waals surface area contributed by atoms with E-state index in [0.29, 0.717) is 11.3 Å². The number of carbonyl (C=O) groups is 2. The molecule has 1 aliphatic heterocycles. The van der Waals surface area contributed by atoms with E-state index in [1.54, 1.807) is 29.3 Å². The molecular weight excluding hydrogens is 342 g/mol. The molecule has 1 aliphatic rings. The molecule has 21 heavy (non-hydrogen) atoms. The van der Waals surface area contributed by atoms with Crippen molar-refractivity contribution in [2.24, 2.45) is 0 Å². The van der Waals surface area contributed by atoms with Gasteiger partial charge in [0.2, 0.25) is 5.91 Å². The number of hydrogen-bond donors (Lipinski definition) is 1.